The quantitative estimate of drug-likeness (QED) is 0.631. The van der Waals surface area contributed by atoms with Gasteiger partial charge in [-0.1, -0.05) is 0 Å². The molecular weight excluding hydrogens is 242 g/mol. The lowest BCUT2D eigenvalue weighted by Crippen LogP contribution is -2.48. The Morgan fingerprint density at radius 1 is 1.28 bits per heavy atom. The molecule has 0 atom stereocenters. The second-order valence-electron chi connectivity index (χ2n) is 4.14. The predicted molar refractivity (Wildman–Crippen MR) is 62.5 cm³/mol. The monoisotopic (exact) mass is 253 g/mol. The average Bonchev–Trinajstić information content (AvgIpc) is 2.27. The molecule has 1 aromatic carbocycles. The molecule has 2 rings (SSSR count). The van der Waals surface area contributed by atoms with E-state index in [1.165, 1.54) is 12.1 Å². The van der Waals surface area contributed by atoms with E-state index in [0.717, 1.165) is 6.07 Å². The van der Waals surface area contributed by atoms with Crippen molar-refractivity contribution >= 4 is 17.1 Å². The molecule has 1 aliphatic heterocycles. The minimum atomic E-state index is -0.663. The highest BCUT2D eigenvalue weighted by atomic mass is 16.6. The normalized spacial score (nSPS) is 15.3. The summed E-state index contributed by atoms with van der Waals surface area (Å²) in [4.78, 5) is 21.9. The SMILES string of the molecule is O=[N+]([O-])c1ccc(N2CC(CO)C2)c([N+](=O)[O-])c1. The molecule has 0 aliphatic carbocycles. The van der Waals surface area contributed by atoms with Crippen molar-refractivity contribution in [2.24, 2.45) is 5.92 Å². The molecule has 8 heteroatoms. The van der Waals surface area contributed by atoms with Crippen LogP contribution in [0.3, 0.4) is 0 Å². The number of aliphatic hydroxyl groups is 1. The van der Waals surface area contributed by atoms with E-state index in [1.54, 1.807) is 4.90 Å². The standard InChI is InChI=1S/C10H11N3O5/c14-6-7-4-11(5-7)9-2-1-8(12(15)16)3-10(9)13(17)18/h1-3,7,14H,4-6H2. The summed E-state index contributed by atoms with van der Waals surface area (Å²) in [5.41, 5.74) is -0.222. The third kappa shape index (κ3) is 2.09. The summed E-state index contributed by atoms with van der Waals surface area (Å²) >= 11 is 0. The Kier molecular flexibility index (Phi) is 3.11. The number of nitrogens with zero attached hydrogens (tertiary/aromatic N) is 3. The first kappa shape index (κ1) is 12.2. The van der Waals surface area contributed by atoms with Crippen molar-refractivity contribution in [1.29, 1.82) is 0 Å². The summed E-state index contributed by atoms with van der Waals surface area (Å²) in [6.07, 6.45) is 0. The first-order valence-corrected chi connectivity index (χ1v) is 5.31. The van der Waals surface area contributed by atoms with E-state index in [4.69, 9.17) is 5.11 Å². The second-order valence-corrected chi connectivity index (χ2v) is 4.14. The lowest BCUT2D eigenvalue weighted by atomic mass is 10.00. The molecule has 0 bridgehead atoms. The van der Waals surface area contributed by atoms with Crippen molar-refractivity contribution in [3.8, 4) is 0 Å². The lowest BCUT2D eigenvalue weighted by Gasteiger charge is -2.39. The molecule has 0 aromatic heterocycles. The highest BCUT2D eigenvalue weighted by molar-refractivity contribution is 5.67. The third-order valence-corrected chi connectivity index (χ3v) is 2.92. The highest BCUT2D eigenvalue weighted by Crippen LogP contribution is 2.35. The Morgan fingerprint density at radius 2 is 1.94 bits per heavy atom. The van der Waals surface area contributed by atoms with Gasteiger partial charge in [0.25, 0.3) is 11.4 Å². The van der Waals surface area contributed by atoms with Crippen molar-refractivity contribution in [2.45, 2.75) is 0 Å². The number of hydrogen-bond donors (Lipinski definition) is 1. The first-order valence-electron chi connectivity index (χ1n) is 5.31. The molecule has 0 amide bonds. The van der Waals surface area contributed by atoms with Crippen molar-refractivity contribution < 1.29 is 15.0 Å². The largest absolute Gasteiger partial charge is 0.396 e. The minimum Gasteiger partial charge on any atom is -0.396 e. The van der Waals surface area contributed by atoms with Crippen molar-refractivity contribution in [3.63, 3.8) is 0 Å². The van der Waals surface area contributed by atoms with Gasteiger partial charge in [0.1, 0.15) is 5.69 Å². The van der Waals surface area contributed by atoms with Gasteiger partial charge in [-0.05, 0) is 6.07 Å². The van der Waals surface area contributed by atoms with Crippen LogP contribution in [-0.2, 0) is 0 Å². The van der Waals surface area contributed by atoms with Crippen LogP contribution in [0.25, 0.3) is 0 Å². The maximum atomic E-state index is 10.9. The van der Waals surface area contributed by atoms with Gasteiger partial charge in [-0.3, -0.25) is 20.2 Å². The number of rotatable bonds is 4. The molecule has 18 heavy (non-hydrogen) atoms. The number of non-ortho nitro benzene ring substituents is 1. The molecule has 1 saturated heterocycles. The van der Waals surface area contributed by atoms with E-state index in [2.05, 4.69) is 0 Å². The zero-order chi connectivity index (χ0) is 13.3. The molecule has 0 radical (unpaired) electrons. The topological polar surface area (TPSA) is 110 Å². The summed E-state index contributed by atoms with van der Waals surface area (Å²) in [5.74, 6) is 0.111. The van der Waals surface area contributed by atoms with Crippen LogP contribution in [0.5, 0.6) is 0 Å². The Labute approximate surface area is 102 Å². The Morgan fingerprint density at radius 3 is 2.44 bits per heavy atom. The van der Waals surface area contributed by atoms with Gasteiger partial charge in [-0.25, -0.2) is 0 Å². The molecule has 0 saturated carbocycles. The molecule has 1 aromatic rings. The van der Waals surface area contributed by atoms with Crippen LogP contribution in [0.2, 0.25) is 0 Å². The molecule has 1 N–H and O–H groups in total. The molecule has 1 heterocycles. The predicted octanol–water partition coefficient (Wildman–Crippen LogP) is 0.931. The molecule has 1 aliphatic rings. The third-order valence-electron chi connectivity index (χ3n) is 2.92. The minimum absolute atomic E-state index is 0.0390. The summed E-state index contributed by atoms with van der Waals surface area (Å²) in [6, 6.07) is 3.58. The van der Waals surface area contributed by atoms with Gasteiger partial charge >= 0.3 is 0 Å². The van der Waals surface area contributed by atoms with Gasteiger partial charge in [-0.15, -0.1) is 0 Å². The van der Waals surface area contributed by atoms with Gasteiger partial charge in [0.05, 0.1) is 15.9 Å². The average molecular weight is 253 g/mol. The fourth-order valence-electron chi connectivity index (χ4n) is 1.92. The summed E-state index contributed by atoms with van der Waals surface area (Å²) in [7, 11) is 0. The zero-order valence-electron chi connectivity index (χ0n) is 9.35. The maximum absolute atomic E-state index is 10.9. The number of nitro benzene ring substituents is 2. The maximum Gasteiger partial charge on any atom is 0.299 e. The van der Waals surface area contributed by atoms with Gasteiger partial charge in [-0.2, -0.15) is 0 Å². The molecule has 0 unspecified atom stereocenters. The summed E-state index contributed by atoms with van der Waals surface area (Å²) in [5, 5.41) is 30.4. The fourth-order valence-corrected chi connectivity index (χ4v) is 1.92. The molecule has 8 nitrogen and oxygen atoms in total. The Balaban J connectivity index is 2.30. The lowest BCUT2D eigenvalue weighted by molar-refractivity contribution is -0.393. The van der Waals surface area contributed by atoms with Crippen LogP contribution in [0.4, 0.5) is 17.1 Å². The van der Waals surface area contributed by atoms with Crippen LogP contribution in [0, 0.1) is 26.1 Å². The smallest absolute Gasteiger partial charge is 0.299 e. The molecule has 1 fully saturated rings. The van der Waals surface area contributed by atoms with Gasteiger partial charge in [0, 0.05) is 31.7 Å². The van der Waals surface area contributed by atoms with Gasteiger partial charge in [0.15, 0.2) is 0 Å². The Bertz CT molecular complexity index is 498. The van der Waals surface area contributed by atoms with E-state index < -0.39 is 9.85 Å². The summed E-state index contributed by atoms with van der Waals surface area (Å²) in [6.45, 7) is 1.08. The van der Waals surface area contributed by atoms with E-state index in [-0.39, 0.29) is 23.9 Å². The van der Waals surface area contributed by atoms with Gasteiger partial charge < -0.3 is 10.0 Å². The highest BCUT2D eigenvalue weighted by Gasteiger charge is 2.31. The van der Waals surface area contributed by atoms with Crippen LogP contribution >= 0.6 is 0 Å². The van der Waals surface area contributed by atoms with Crippen LogP contribution in [0.1, 0.15) is 0 Å². The zero-order valence-corrected chi connectivity index (χ0v) is 9.35. The molecule has 0 spiro atoms. The van der Waals surface area contributed by atoms with E-state index in [0.29, 0.717) is 18.8 Å². The fraction of sp³-hybridized carbons (Fsp3) is 0.400. The number of anilines is 1. The molecular formula is C10H11N3O5. The first-order chi connectivity index (χ1) is 8.52. The number of benzene rings is 1. The van der Waals surface area contributed by atoms with E-state index >= 15 is 0 Å². The number of nitro groups is 2. The van der Waals surface area contributed by atoms with Crippen molar-refractivity contribution in [3.05, 3.63) is 38.4 Å². The van der Waals surface area contributed by atoms with Crippen LogP contribution < -0.4 is 4.90 Å². The van der Waals surface area contributed by atoms with Crippen molar-refractivity contribution in [1.82, 2.24) is 0 Å². The number of hydrogen-bond acceptors (Lipinski definition) is 6. The van der Waals surface area contributed by atoms with Crippen LogP contribution in [-0.4, -0.2) is 34.6 Å². The van der Waals surface area contributed by atoms with Crippen molar-refractivity contribution in [2.75, 3.05) is 24.6 Å². The molecule has 96 valence electrons. The Hall–Kier alpha value is -2.22. The summed E-state index contributed by atoms with van der Waals surface area (Å²) < 4.78 is 0. The van der Waals surface area contributed by atoms with E-state index in [1.807, 2.05) is 0 Å². The second kappa shape index (κ2) is 4.57. The van der Waals surface area contributed by atoms with E-state index in [9.17, 15) is 20.2 Å². The number of aliphatic hydroxyl groups excluding tert-OH is 1. The van der Waals surface area contributed by atoms with Gasteiger partial charge in [0.2, 0.25) is 0 Å². The van der Waals surface area contributed by atoms with Crippen LogP contribution in [0.15, 0.2) is 18.2 Å².